The molecule has 4 nitrogen and oxygen atoms in total. The van der Waals surface area contributed by atoms with Crippen LogP contribution in [0, 0.1) is 0 Å². The number of hydrogen-bond acceptors (Lipinski definition) is 4. The van der Waals surface area contributed by atoms with Gasteiger partial charge in [0.15, 0.2) is 17.3 Å². The summed E-state index contributed by atoms with van der Waals surface area (Å²) in [5, 5.41) is 0. The Labute approximate surface area is 98.5 Å². The van der Waals surface area contributed by atoms with Crippen molar-refractivity contribution in [1.29, 1.82) is 0 Å². The highest BCUT2D eigenvalue weighted by molar-refractivity contribution is 6.02. The van der Waals surface area contributed by atoms with Crippen LogP contribution in [0.5, 0.6) is 5.75 Å². The van der Waals surface area contributed by atoms with E-state index >= 15 is 0 Å². The molecule has 2 rings (SSSR count). The van der Waals surface area contributed by atoms with Crippen molar-refractivity contribution in [3.63, 3.8) is 0 Å². The zero-order valence-electron chi connectivity index (χ0n) is 9.65. The lowest BCUT2D eigenvalue weighted by molar-refractivity contribution is -0.134. The normalized spacial score (nSPS) is 10.5. The Kier molecular flexibility index (Phi) is 2.95. The van der Waals surface area contributed by atoms with Gasteiger partial charge in [0.05, 0.1) is 11.8 Å². The summed E-state index contributed by atoms with van der Waals surface area (Å²) in [6.45, 7) is 3.12. The van der Waals surface area contributed by atoms with Crippen LogP contribution in [0.4, 0.5) is 0 Å². The first-order chi connectivity index (χ1) is 8.13. The number of carbonyl (C=O) groups is 2. The fourth-order valence-corrected chi connectivity index (χ4v) is 1.58. The van der Waals surface area contributed by atoms with E-state index in [9.17, 15) is 9.59 Å². The molecule has 0 amide bonds. The largest absolute Gasteiger partial charge is 0.460 e. The lowest BCUT2D eigenvalue weighted by Gasteiger charge is -2.04. The van der Waals surface area contributed by atoms with Gasteiger partial charge in [0.2, 0.25) is 0 Å². The van der Waals surface area contributed by atoms with Crippen LogP contribution >= 0.6 is 0 Å². The SMILES string of the molecule is CCC(=O)Oc1c(C(C)=O)cc2cccoc1-2. The second-order valence-corrected chi connectivity index (χ2v) is 3.67. The lowest BCUT2D eigenvalue weighted by Crippen LogP contribution is -2.07. The number of ether oxygens (including phenoxy) is 1. The van der Waals surface area contributed by atoms with Crippen molar-refractivity contribution in [2.75, 3.05) is 0 Å². The second-order valence-electron chi connectivity index (χ2n) is 3.67. The third kappa shape index (κ3) is 2.06. The van der Waals surface area contributed by atoms with Crippen LogP contribution in [-0.2, 0) is 4.79 Å². The molecule has 0 saturated heterocycles. The first kappa shape index (κ1) is 11.4. The minimum atomic E-state index is -0.390. The topological polar surface area (TPSA) is 56.5 Å². The molecule has 0 aromatic heterocycles. The van der Waals surface area contributed by atoms with Crippen molar-refractivity contribution in [1.82, 2.24) is 0 Å². The van der Waals surface area contributed by atoms with Gasteiger partial charge in [-0.05, 0) is 25.1 Å². The molecule has 2 aliphatic rings. The molecular weight excluding hydrogens is 220 g/mol. The van der Waals surface area contributed by atoms with E-state index in [0.717, 1.165) is 5.56 Å². The number of ketones is 1. The zero-order valence-corrected chi connectivity index (χ0v) is 9.65. The molecule has 1 heterocycles. The van der Waals surface area contributed by atoms with Crippen LogP contribution in [0.2, 0.25) is 0 Å². The van der Waals surface area contributed by atoms with Gasteiger partial charge in [-0.15, -0.1) is 0 Å². The van der Waals surface area contributed by atoms with E-state index < -0.39 is 0 Å². The van der Waals surface area contributed by atoms with Crippen molar-refractivity contribution in [2.24, 2.45) is 0 Å². The van der Waals surface area contributed by atoms with Crippen molar-refractivity contribution in [2.45, 2.75) is 20.3 Å². The summed E-state index contributed by atoms with van der Waals surface area (Å²) in [6.07, 6.45) is 1.73. The van der Waals surface area contributed by atoms with E-state index in [1.807, 2.05) is 0 Å². The smallest absolute Gasteiger partial charge is 0.311 e. The minimum absolute atomic E-state index is 0.157. The average molecular weight is 232 g/mol. The standard InChI is InChI=1S/C13H12O4/c1-3-11(15)17-13-10(8(2)14)7-9-5-4-6-16-12(9)13/h4-7H,3H2,1-2H3. The lowest BCUT2D eigenvalue weighted by atomic mass is 10.2. The van der Waals surface area contributed by atoms with Gasteiger partial charge < -0.3 is 9.15 Å². The van der Waals surface area contributed by atoms with Crippen LogP contribution in [0.15, 0.2) is 28.9 Å². The zero-order chi connectivity index (χ0) is 12.4. The highest BCUT2D eigenvalue weighted by atomic mass is 16.5. The van der Waals surface area contributed by atoms with Crippen molar-refractivity contribution in [3.05, 3.63) is 30.0 Å². The maximum absolute atomic E-state index is 11.5. The third-order valence-electron chi connectivity index (χ3n) is 2.44. The van der Waals surface area contributed by atoms with Gasteiger partial charge in [0.25, 0.3) is 0 Å². The number of hydrogen-bond donors (Lipinski definition) is 0. The van der Waals surface area contributed by atoms with Crippen LogP contribution in [-0.4, -0.2) is 11.8 Å². The fraction of sp³-hybridized carbons (Fsp3) is 0.231. The molecule has 17 heavy (non-hydrogen) atoms. The van der Waals surface area contributed by atoms with Gasteiger partial charge in [-0.3, -0.25) is 9.59 Å². The predicted octanol–water partition coefficient (Wildman–Crippen LogP) is 2.90. The van der Waals surface area contributed by atoms with E-state index in [4.69, 9.17) is 9.15 Å². The van der Waals surface area contributed by atoms with Gasteiger partial charge >= 0.3 is 5.97 Å². The van der Waals surface area contributed by atoms with E-state index in [2.05, 4.69) is 0 Å². The number of esters is 1. The number of rotatable bonds is 3. The van der Waals surface area contributed by atoms with E-state index in [1.54, 1.807) is 25.1 Å². The molecule has 0 spiro atoms. The highest BCUT2D eigenvalue weighted by Gasteiger charge is 2.23. The summed E-state index contributed by atoms with van der Waals surface area (Å²) in [7, 11) is 0. The van der Waals surface area contributed by atoms with Gasteiger partial charge in [0.1, 0.15) is 0 Å². The predicted molar refractivity (Wildman–Crippen MR) is 61.3 cm³/mol. The van der Waals surface area contributed by atoms with Gasteiger partial charge in [0, 0.05) is 12.0 Å². The summed E-state index contributed by atoms with van der Waals surface area (Å²) in [6, 6.07) is 5.19. The Morgan fingerprint density at radius 2 is 2.18 bits per heavy atom. The summed E-state index contributed by atoms with van der Waals surface area (Å²) >= 11 is 0. The number of carbonyl (C=O) groups excluding carboxylic acids is 2. The quantitative estimate of drug-likeness (QED) is 0.603. The summed E-state index contributed by atoms with van der Waals surface area (Å²) in [5.74, 6) is 0.105. The molecule has 0 aromatic rings. The van der Waals surface area contributed by atoms with Crippen molar-refractivity contribution < 1.29 is 18.7 Å². The second kappa shape index (κ2) is 4.41. The summed E-state index contributed by atoms with van der Waals surface area (Å²) < 4.78 is 10.4. The third-order valence-corrected chi connectivity index (χ3v) is 2.44. The number of fused-ring (bicyclic) bond motifs is 1. The monoisotopic (exact) mass is 232 g/mol. The Morgan fingerprint density at radius 1 is 1.41 bits per heavy atom. The Hall–Kier alpha value is -2.10. The van der Waals surface area contributed by atoms with Crippen molar-refractivity contribution >= 4 is 11.8 Å². The first-order valence-electron chi connectivity index (χ1n) is 5.35. The molecule has 0 unspecified atom stereocenters. The molecule has 0 bridgehead atoms. The summed E-state index contributed by atoms with van der Waals surface area (Å²) in [4.78, 5) is 22.8. The van der Waals surface area contributed by atoms with E-state index in [-0.39, 0.29) is 23.9 Å². The average Bonchev–Trinajstić information content (AvgIpc) is 2.68. The Morgan fingerprint density at radius 3 is 2.82 bits per heavy atom. The fourth-order valence-electron chi connectivity index (χ4n) is 1.58. The van der Waals surface area contributed by atoms with Crippen LogP contribution in [0.3, 0.4) is 0 Å². The molecule has 0 N–H and O–H groups in total. The van der Waals surface area contributed by atoms with E-state index in [0.29, 0.717) is 11.3 Å². The van der Waals surface area contributed by atoms with Crippen molar-refractivity contribution in [3.8, 4) is 17.1 Å². The first-order valence-corrected chi connectivity index (χ1v) is 5.35. The minimum Gasteiger partial charge on any atom is -0.460 e. The van der Waals surface area contributed by atoms with Gasteiger partial charge in [-0.2, -0.15) is 0 Å². The van der Waals surface area contributed by atoms with Gasteiger partial charge in [-0.1, -0.05) is 6.92 Å². The van der Waals surface area contributed by atoms with Crippen LogP contribution in [0.25, 0.3) is 11.3 Å². The maximum atomic E-state index is 11.5. The Bertz CT molecular complexity index is 539. The molecular formula is C13H12O4. The van der Waals surface area contributed by atoms with Gasteiger partial charge in [-0.25, -0.2) is 0 Å². The Balaban J connectivity index is 2.54. The molecule has 0 fully saturated rings. The van der Waals surface area contributed by atoms with Crippen LogP contribution in [0.1, 0.15) is 30.6 Å². The van der Waals surface area contributed by atoms with E-state index in [1.165, 1.54) is 13.2 Å². The number of Topliss-reactive ketones (excluding diaryl/α,β-unsaturated/α-hetero) is 1. The highest BCUT2D eigenvalue weighted by Crippen LogP contribution is 2.38. The molecule has 0 saturated carbocycles. The maximum Gasteiger partial charge on any atom is 0.311 e. The molecule has 1 aliphatic heterocycles. The molecule has 4 heteroatoms. The molecule has 0 radical (unpaired) electrons. The molecule has 88 valence electrons. The molecule has 0 atom stereocenters. The summed E-state index contributed by atoms with van der Waals surface area (Å²) in [5.41, 5.74) is 1.12. The molecule has 1 aliphatic carbocycles. The molecule has 0 aromatic carbocycles. The van der Waals surface area contributed by atoms with Crippen LogP contribution < -0.4 is 4.74 Å².